The summed E-state index contributed by atoms with van der Waals surface area (Å²) in [7, 11) is -3.53. The highest BCUT2D eigenvalue weighted by Crippen LogP contribution is 2.15. The molecule has 1 aromatic rings. The minimum atomic E-state index is -3.53. The Hall–Kier alpha value is -0.720. The largest absolute Gasteiger partial charge is 0.275 e. The zero-order valence-electron chi connectivity index (χ0n) is 6.86. The first-order valence-electron chi connectivity index (χ1n) is 3.25. The van der Waals surface area contributed by atoms with Crippen molar-refractivity contribution < 1.29 is 13.2 Å². The average Bonchev–Trinajstić information content (AvgIpc) is 2.01. The van der Waals surface area contributed by atoms with Crippen LogP contribution in [0.4, 0.5) is 0 Å². The summed E-state index contributed by atoms with van der Waals surface area (Å²) in [6.07, 6.45) is 1.90. The van der Waals surface area contributed by atoms with E-state index < -0.39 is 20.2 Å². The second kappa shape index (κ2) is 3.80. The molecule has 8 heteroatoms. The second-order valence-electron chi connectivity index (χ2n) is 2.40. The van der Waals surface area contributed by atoms with Crippen LogP contribution in [0.3, 0.4) is 0 Å². The quantitative estimate of drug-likeness (QED) is 0.446. The third-order valence-electron chi connectivity index (χ3n) is 1.26. The lowest BCUT2D eigenvalue weighted by atomic mass is 10.4. The summed E-state index contributed by atoms with van der Waals surface area (Å²) in [5.41, 5.74) is -0.124. The number of carbonyl (C=O) groups excluding carboxylic acids is 1. The van der Waals surface area contributed by atoms with E-state index in [-0.39, 0.29) is 10.7 Å². The molecular weight excluding hydrogens is 251 g/mol. The van der Waals surface area contributed by atoms with Gasteiger partial charge in [0.05, 0.1) is 5.56 Å². The van der Waals surface area contributed by atoms with Gasteiger partial charge in [0.2, 0.25) is 15.0 Å². The Balaban J connectivity index is 3.34. The first-order chi connectivity index (χ1) is 6.32. The molecule has 0 aromatic carbocycles. The number of rotatable bonds is 2. The maximum absolute atomic E-state index is 11.0. The van der Waals surface area contributed by atoms with Gasteiger partial charge in [0.25, 0.3) is 5.24 Å². The van der Waals surface area contributed by atoms with Gasteiger partial charge in [0.15, 0.2) is 0 Å². The average molecular weight is 255 g/mol. The Morgan fingerprint density at radius 1 is 1.50 bits per heavy atom. The van der Waals surface area contributed by atoms with Gasteiger partial charge >= 0.3 is 0 Å². The smallest absolute Gasteiger partial charge is 0.257 e. The van der Waals surface area contributed by atoms with Gasteiger partial charge in [-0.15, -0.1) is 0 Å². The van der Waals surface area contributed by atoms with Crippen LogP contribution in [0.1, 0.15) is 10.4 Å². The summed E-state index contributed by atoms with van der Waals surface area (Å²) in [6.45, 7) is 0. The van der Waals surface area contributed by atoms with Crippen LogP contribution in [0, 0.1) is 0 Å². The Kier molecular flexibility index (Phi) is 3.08. The van der Waals surface area contributed by atoms with Crippen LogP contribution in [-0.2, 0) is 9.84 Å². The highest BCUT2D eigenvalue weighted by atomic mass is 35.5. The molecule has 0 bridgehead atoms. The molecule has 1 heterocycles. The molecule has 5 nitrogen and oxygen atoms in total. The van der Waals surface area contributed by atoms with Gasteiger partial charge in [-0.2, -0.15) is 0 Å². The predicted molar refractivity (Wildman–Crippen MR) is 50.3 cm³/mol. The SMILES string of the molecule is CS(=O)(=O)c1ncc(C(=O)Cl)c(Cl)n1. The van der Waals surface area contributed by atoms with E-state index in [1.165, 1.54) is 0 Å². The van der Waals surface area contributed by atoms with Crippen molar-refractivity contribution in [2.24, 2.45) is 0 Å². The van der Waals surface area contributed by atoms with Gasteiger partial charge < -0.3 is 0 Å². The molecule has 0 fully saturated rings. The van der Waals surface area contributed by atoms with Crippen molar-refractivity contribution in [3.63, 3.8) is 0 Å². The molecule has 0 radical (unpaired) electrons. The fourth-order valence-electron chi connectivity index (χ4n) is 0.657. The number of hydrogen-bond acceptors (Lipinski definition) is 5. The Labute approximate surface area is 90.0 Å². The second-order valence-corrected chi connectivity index (χ2v) is 5.01. The maximum Gasteiger partial charge on any atom is 0.257 e. The summed E-state index contributed by atoms with van der Waals surface area (Å²) in [4.78, 5) is 17.5. The number of halogens is 2. The van der Waals surface area contributed by atoms with Crippen molar-refractivity contribution in [1.29, 1.82) is 0 Å². The fraction of sp³-hybridized carbons (Fsp3) is 0.167. The molecule has 0 aliphatic carbocycles. The van der Waals surface area contributed by atoms with Crippen LogP contribution in [0.15, 0.2) is 11.4 Å². The van der Waals surface area contributed by atoms with E-state index in [1.807, 2.05) is 0 Å². The van der Waals surface area contributed by atoms with Crippen molar-refractivity contribution in [2.45, 2.75) is 5.16 Å². The van der Waals surface area contributed by atoms with E-state index in [2.05, 4.69) is 9.97 Å². The summed E-state index contributed by atoms with van der Waals surface area (Å²) < 4.78 is 21.9. The normalized spacial score (nSPS) is 11.4. The Bertz CT molecular complexity index is 486. The van der Waals surface area contributed by atoms with Crippen LogP contribution >= 0.6 is 23.2 Å². The molecule has 1 rings (SSSR count). The molecular formula is C6H4Cl2N2O3S. The Morgan fingerprint density at radius 3 is 2.43 bits per heavy atom. The molecule has 0 atom stereocenters. The molecule has 0 N–H and O–H groups in total. The fourth-order valence-corrected chi connectivity index (χ4v) is 1.61. The molecule has 14 heavy (non-hydrogen) atoms. The lowest BCUT2D eigenvalue weighted by Crippen LogP contribution is -2.06. The van der Waals surface area contributed by atoms with E-state index in [4.69, 9.17) is 23.2 Å². The van der Waals surface area contributed by atoms with E-state index in [9.17, 15) is 13.2 Å². The van der Waals surface area contributed by atoms with E-state index >= 15 is 0 Å². The highest BCUT2D eigenvalue weighted by Gasteiger charge is 2.16. The third-order valence-corrected chi connectivity index (χ3v) is 2.62. The lowest BCUT2D eigenvalue weighted by Gasteiger charge is -1.99. The summed E-state index contributed by atoms with van der Waals surface area (Å²) in [5, 5.41) is -1.56. The molecule has 0 saturated carbocycles. The van der Waals surface area contributed by atoms with Crippen molar-refractivity contribution in [3.8, 4) is 0 Å². The molecule has 0 aliphatic heterocycles. The minimum absolute atomic E-state index is 0.124. The van der Waals surface area contributed by atoms with Crippen molar-refractivity contribution in [1.82, 2.24) is 9.97 Å². The number of hydrogen-bond donors (Lipinski definition) is 0. The van der Waals surface area contributed by atoms with E-state index in [1.54, 1.807) is 0 Å². The molecule has 0 saturated heterocycles. The first kappa shape index (κ1) is 11.4. The third kappa shape index (κ3) is 2.40. The predicted octanol–water partition coefficient (Wildman–Crippen LogP) is 0.913. The van der Waals surface area contributed by atoms with Crippen LogP contribution in [0.25, 0.3) is 0 Å². The van der Waals surface area contributed by atoms with Gasteiger partial charge in [-0.05, 0) is 11.6 Å². The zero-order chi connectivity index (χ0) is 10.9. The number of nitrogens with zero attached hydrogens (tertiary/aromatic N) is 2. The van der Waals surface area contributed by atoms with Gasteiger partial charge in [-0.25, -0.2) is 18.4 Å². The topological polar surface area (TPSA) is 77.0 Å². The molecule has 0 amide bonds. The molecule has 76 valence electrons. The van der Waals surface area contributed by atoms with Crippen molar-refractivity contribution in [2.75, 3.05) is 6.26 Å². The van der Waals surface area contributed by atoms with Gasteiger partial charge in [0, 0.05) is 12.5 Å². The summed E-state index contributed by atoms with van der Waals surface area (Å²) in [6, 6.07) is 0. The van der Waals surface area contributed by atoms with E-state index in [0.29, 0.717) is 0 Å². The number of carbonyl (C=O) groups is 1. The van der Waals surface area contributed by atoms with Gasteiger partial charge in [-0.1, -0.05) is 11.6 Å². The zero-order valence-corrected chi connectivity index (χ0v) is 9.19. The lowest BCUT2D eigenvalue weighted by molar-refractivity contribution is 0.108. The minimum Gasteiger partial charge on any atom is -0.275 e. The van der Waals surface area contributed by atoms with Gasteiger partial charge in [-0.3, -0.25) is 4.79 Å². The first-order valence-corrected chi connectivity index (χ1v) is 5.89. The summed E-state index contributed by atoms with van der Waals surface area (Å²) >= 11 is 10.6. The highest BCUT2D eigenvalue weighted by molar-refractivity contribution is 7.90. The van der Waals surface area contributed by atoms with E-state index in [0.717, 1.165) is 12.5 Å². The maximum atomic E-state index is 11.0. The van der Waals surface area contributed by atoms with Crippen LogP contribution in [0.5, 0.6) is 0 Å². The molecule has 0 aliphatic rings. The number of aromatic nitrogens is 2. The molecule has 0 spiro atoms. The van der Waals surface area contributed by atoms with Gasteiger partial charge in [0.1, 0.15) is 5.15 Å². The summed E-state index contributed by atoms with van der Waals surface area (Å²) in [5.74, 6) is 0. The van der Waals surface area contributed by atoms with Crippen molar-refractivity contribution >= 4 is 38.3 Å². The molecule has 1 aromatic heterocycles. The van der Waals surface area contributed by atoms with Crippen LogP contribution in [-0.4, -0.2) is 29.9 Å². The monoisotopic (exact) mass is 254 g/mol. The Morgan fingerprint density at radius 2 is 2.07 bits per heavy atom. The standard InChI is InChI=1S/C6H4Cl2N2O3S/c1-14(12,13)6-9-2-3(5(8)11)4(7)10-6/h2H,1H3. The van der Waals surface area contributed by atoms with Crippen LogP contribution in [0.2, 0.25) is 5.15 Å². The van der Waals surface area contributed by atoms with Crippen molar-refractivity contribution in [3.05, 3.63) is 16.9 Å². The van der Waals surface area contributed by atoms with Crippen LogP contribution < -0.4 is 0 Å². The number of sulfone groups is 1. The molecule has 0 unspecified atom stereocenters.